The van der Waals surface area contributed by atoms with Crippen LogP contribution in [0.2, 0.25) is 0 Å². The number of para-hydroxylation sites is 2. The zero-order valence-electron chi connectivity index (χ0n) is 30.7. The molecular formula is C44H38N4O7. The lowest BCUT2D eigenvalue weighted by Crippen LogP contribution is -2.37. The molecule has 2 atom stereocenters. The van der Waals surface area contributed by atoms with Gasteiger partial charge in [0.15, 0.2) is 23.0 Å². The molecule has 2 amide bonds. The van der Waals surface area contributed by atoms with Crippen LogP contribution in [0.15, 0.2) is 101 Å². The molecule has 4 aliphatic rings. The van der Waals surface area contributed by atoms with Crippen molar-refractivity contribution in [3.63, 3.8) is 0 Å². The van der Waals surface area contributed by atoms with Crippen LogP contribution in [0.5, 0.6) is 28.7 Å². The Kier molecular flexibility index (Phi) is 8.69. The van der Waals surface area contributed by atoms with Crippen LogP contribution in [0.4, 0.5) is 22.7 Å². The third-order valence-electron chi connectivity index (χ3n) is 10.4. The Morgan fingerprint density at radius 3 is 1.53 bits per heavy atom. The van der Waals surface area contributed by atoms with Crippen molar-refractivity contribution in [3.05, 3.63) is 124 Å². The van der Waals surface area contributed by atoms with Gasteiger partial charge < -0.3 is 23.7 Å². The molecule has 0 aromatic heterocycles. The number of benzene rings is 5. The summed E-state index contributed by atoms with van der Waals surface area (Å²) in [4.78, 5) is 40.8. The van der Waals surface area contributed by atoms with E-state index < -0.39 is 0 Å². The second-order valence-electron chi connectivity index (χ2n) is 13.7. The lowest BCUT2D eigenvalue weighted by Gasteiger charge is -2.22. The van der Waals surface area contributed by atoms with Gasteiger partial charge in [0.25, 0.3) is 11.8 Å². The van der Waals surface area contributed by atoms with Crippen molar-refractivity contribution in [1.82, 2.24) is 0 Å². The van der Waals surface area contributed by atoms with Crippen LogP contribution in [0.3, 0.4) is 0 Å². The van der Waals surface area contributed by atoms with Crippen LogP contribution < -0.4 is 33.5 Å². The highest BCUT2D eigenvalue weighted by atomic mass is 16.5. The van der Waals surface area contributed by atoms with E-state index in [1.807, 2.05) is 95.9 Å². The minimum atomic E-state index is -0.161. The smallest absolute Gasteiger partial charge is 0.261 e. The molecule has 5 aromatic carbocycles. The molecule has 276 valence electrons. The maximum atomic E-state index is 13.9. The molecule has 0 spiro atoms. The van der Waals surface area contributed by atoms with Crippen LogP contribution in [0, 0.1) is 0 Å². The van der Waals surface area contributed by atoms with E-state index in [-0.39, 0.29) is 37.1 Å². The normalized spacial score (nSPS) is 17.3. The number of rotatable bonds is 10. The number of methoxy groups -OCH3 is 2. The summed E-state index contributed by atoms with van der Waals surface area (Å²) in [6.45, 7) is 2.77. The summed E-state index contributed by atoms with van der Waals surface area (Å²) in [7, 11) is 3.11. The first kappa shape index (κ1) is 34.2. The topological polar surface area (TPSA) is 111 Å². The summed E-state index contributed by atoms with van der Waals surface area (Å²) in [5, 5.41) is 0. The zero-order valence-corrected chi connectivity index (χ0v) is 30.7. The first-order valence-corrected chi connectivity index (χ1v) is 18.3. The predicted molar refractivity (Wildman–Crippen MR) is 210 cm³/mol. The second kappa shape index (κ2) is 14.0. The van der Waals surface area contributed by atoms with Gasteiger partial charge in [-0.05, 0) is 71.6 Å². The summed E-state index contributed by atoms with van der Waals surface area (Å²) in [5.74, 6) is 2.19. The Labute approximate surface area is 318 Å². The summed E-state index contributed by atoms with van der Waals surface area (Å²) in [6, 6.07) is 28.3. The molecule has 11 heteroatoms. The largest absolute Gasteiger partial charge is 0.494 e. The van der Waals surface area contributed by atoms with Gasteiger partial charge in [-0.1, -0.05) is 36.4 Å². The van der Waals surface area contributed by atoms with Gasteiger partial charge in [-0.15, -0.1) is 0 Å². The number of aliphatic imine (C=N–C) groups is 2. The van der Waals surface area contributed by atoms with E-state index >= 15 is 0 Å². The average Bonchev–Trinajstić information content (AvgIpc) is 3.70. The van der Waals surface area contributed by atoms with Crippen LogP contribution in [0.1, 0.15) is 49.9 Å². The number of carbonyl (C=O) groups is 2. The second-order valence-corrected chi connectivity index (χ2v) is 13.7. The maximum absolute atomic E-state index is 13.9. The Morgan fingerprint density at radius 2 is 1.07 bits per heavy atom. The maximum Gasteiger partial charge on any atom is 0.261 e. The molecule has 11 nitrogen and oxygen atoms in total. The van der Waals surface area contributed by atoms with E-state index in [4.69, 9.17) is 33.7 Å². The van der Waals surface area contributed by atoms with Crippen LogP contribution in [-0.2, 0) is 26.1 Å². The standard InChI is InChI=1S/C44H38N4O7/c1-4-53-32-14-26(24-54-41-20-35-33(18-39(41)51-2)43(49)47-30(22-45-35)16-28-9-5-7-11-37(28)47)13-27(15-32)25-55-42-21-36-34(19-40(42)52-3)44(50)48-31(23-46-36)17-29-10-6-8-12-38(29)48/h5-15,18-23,30-31H,4,16-17,24-25H2,1-3H3/t30-,31-/m0/s1. The quantitative estimate of drug-likeness (QED) is 0.144. The number of hydrogen-bond acceptors (Lipinski definition) is 9. The SMILES string of the molecule is CCOc1cc(COc2cc3c(cc2OC)C(=O)N2c4ccccc4C[C@H]2C=N3)cc(COc2cc3c(cc2OC)C(=O)N2c4ccccc4C[C@H]2C=N3)c1. The Bertz CT molecular complexity index is 2260. The molecule has 0 fully saturated rings. The van der Waals surface area contributed by atoms with Crippen molar-refractivity contribution in [2.45, 2.75) is 45.1 Å². The zero-order chi connectivity index (χ0) is 37.6. The van der Waals surface area contributed by atoms with E-state index in [0.717, 1.165) is 33.6 Å². The lowest BCUT2D eigenvalue weighted by atomic mass is 10.1. The molecule has 0 unspecified atom stereocenters. The fourth-order valence-electron chi connectivity index (χ4n) is 7.85. The Balaban J connectivity index is 0.945. The minimum Gasteiger partial charge on any atom is -0.494 e. The van der Waals surface area contributed by atoms with Gasteiger partial charge >= 0.3 is 0 Å². The predicted octanol–water partition coefficient (Wildman–Crippen LogP) is 7.84. The number of anilines is 2. The molecule has 0 aliphatic carbocycles. The van der Waals surface area contributed by atoms with E-state index in [1.54, 1.807) is 38.5 Å². The van der Waals surface area contributed by atoms with E-state index in [1.165, 1.54) is 0 Å². The van der Waals surface area contributed by atoms with Crippen molar-refractivity contribution < 1.29 is 33.3 Å². The van der Waals surface area contributed by atoms with Crippen molar-refractivity contribution in [1.29, 1.82) is 0 Å². The monoisotopic (exact) mass is 734 g/mol. The molecule has 9 rings (SSSR count). The van der Waals surface area contributed by atoms with E-state index in [9.17, 15) is 9.59 Å². The highest BCUT2D eigenvalue weighted by molar-refractivity contribution is 6.15. The molecule has 0 radical (unpaired) electrons. The molecule has 5 aromatic rings. The first-order chi connectivity index (χ1) is 26.9. The fourth-order valence-corrected chi connectivity index (χ4v) is 7.85. The Hall–Kier alpha value is -6.62. The van der Waals surface area contributed by atoms with Gasteiger partial charge in [-0.3, -0.25) is 29.4 Å². The van der Waals surface area contributed by atoms with Gasteiger partial charge in [0, 0.05) is 48.8 Å². The lowest BCUT2D eigenvalue weighted by molar-refractivity contribution is 0.0978. The van der Waals surface area contributed by atoms with Crippen LogP contribution in [0.25, 0.3) is 0 Å². The average molecular weight is 735 g/mol. The third kappa shape index (κ3) is 6.11. The number of carbonyl (C=O) groups excluding carboxylic acids is 2. The van der Waals surface area contributed by atoms with Gasteiger partial charge in [-0.2, -0.15) is 0 Å². The molecule has 0 saturated heterocycles. The summed E-state index contributed by atoms with van der Waals surface area (Å²) in [5.41, 5.74) is 7.67. The summed E-state index contributed by atoms with van der Waals surface area (Å²) in [6.07, 6.45) is 5.10. The van der Waals surface area contributed by atoms with E-state index in [2.05, 4.69) is 0 Å². The van der Waals surface area contributed by atoms with Crippen molar-refractivity contribution in [3.8, 4) is 28.7 Å². The molecule has 55 heavy (non-hydrogen) atoms. The van der Waals surface area contributed by atoms with Crippen molar-refractivity contribution in [2.24, 2.45) is 9.98 Å². The molecular weight excluding hydrogens is 697 g/mol. The fraction of sp³-hybridized carbons (Fsp3) is 0.227. The first-order valence-electron chi connectivity index (χ1n) is 18.3. The van der Waals surface area contributed by atoms with Crippen molar-refractivity contribution in [2.75, 3.05) is 30.6 Å². The number of ether oxygens (including phenoxy) is 5. The minimum absolute atomic E-state index is 0.128. The summed E-state index contributed by atoms with van der Waals surface area (Å²) >= 11 is 0. The number of hydrogen-bond donors (Lipinski definition) is 0. The molecule has 0 bridgehead atoms. The third-order valence-corrected chi connectivity index (χ3v) is 10.4. The van der Waals surface area contributed by atoms with Crippen LogP contribution in [-0.4, -0.2) is 57.2 Å². The number of fused-ring (bicyclic) bond motifs is 8. The van der Waals surface area contributed by atoms with Gasteiger partial charge in [0.1, 0.15) is 19.0 Å². The van der Waals surface area contributed by atoms with Gasteiger partial charge in [0.05, 0.1) is 55.4 Å². The molecule has 0 N–H and O–H groups in total. The highest BCUT2D eigenvalue weighted by Gasteiger charge is 2.38. The summed E-state index contributed by atoms with van der Waals surface area (Å²) < 4.78 is 30.0. The van der Waals surface area contributed by atoms with Crippen molar-refractivity contribution >= 4 is 47.0 Å². The van der Waals surface area contributed by atoms with E-state index in [0.29, 0.717) is 70.7 Å². The highest BCUT2D eigenvalue weighted by Crippen LogP contribution is 2.43. The van der Waals surface area contributed by atoms with Crippen LogP contribution >= 0.6 is 0 Å². The molecule has 4 aliphatic heterocycles. The number of nitrogens with zero attached hydrogens (tertiary/aromatic N) is 4. The molecule has 0 saturated carbocycles. The molecule has 4 heterocycles. The Morgan fingerprint density at radius 1 is 0.600 bits per heavy atom. The van der Waals surface area contributed by atoms with Gasteiger partial charge in [0.2, 0.25) is 0 Å². The number of amides is 2. The van der Waals surface area contributed by atoms with Gasteiger partial charge in [-0.25, -0.2) is 0 Å².